The molecule has 0 saturated carbocycles. The minimum Gasteiger partial charge on any atom is -0.333 e. The van der Waals surface area contributed by atoms with Gasteiger partial charge in [0.25, 0.3) is 5.95 Å². The summed E-state index contributed by atoms with van der Waals surface area (Å²) in [6, 6.07) is 10.5. The van der Waals surface area contributed by atoms with E-state index >= 15 is 0 Å². The van der Waals surface area contributed by atoms with Crippen LogP contribution in [0.5, 0.6) is 0 Å². The molecular formula is C15H19N5. The first kappa shape index (κ1) is 12.8. The van der Waals surface area contributed by atoms with E-state index in [2.05, 4.69) is 62.8 Å². The summed E-state index contributed by atoms with van der Waals surface area (Å²) in [7, 11) is 0. The minimum absolute atomic E-state index is 0.180. The average Bonchev–Trinajstić information content (AvgIpc) is 2.93. The van der Waals surface area contributed by atoms with Gasteiger partial charge in [0.05, 0.1) is 0 Å². The number of hydrogen-bond acceptors (Lipinski definition) is 4. The van der Waals surface area contributed by atoms with Crippen LogP contribution in [0.3, 0.4) is 0 Å². The van der Waals surface area contributed by atoms with Gasteiger partial charge in [0, 0.05) is 6.54 Å². The molecule has 3 rings (SSSR count). The lowest BCUT2D eigenvalue weighted by Crippen LogP contribution is -2.51. The quantitative estimate of drug-likeness (QED) is 0.860. The molecule has 20 heavy (non-hydrogen) atoms. The van der Waals surface area contributed by atoms with E-state index in [0.29, 0.717) is 5.95 Å². The molecule has 1 atom stereocenters. The van der Waals surface area contributed by atoms with Crippen LogP contribution in [0.1, 0.15) is 32.8 Å². The number of benzene rings is 1. The number of aliphatic imine (C=N–C) groups is 1. The maximum Gasteiger partial charge on any atom is 0.254 e. The fourth-order valence-corrected chi connectivity index (χ4v) is 2.74. The highest BCUT2D eigenvalue weighted by atomic mass is 15.5. The van der Waals surface area contributed by atoms with Crippen LogP contribution >= 0.6 is 0 Å². The molecule has 1 aliphatic heterocycles. The van der Waals surface area contributed by atoms with E-state index in [9.17, 15) is 0 Å². The fourth-order valence-electron chi connectivity index (χ4n) is 2.74. The van der Waals surface area contributed by atoms with Crippen molar-refractivity contribution in [2.24, 2.45) is 4.99 Å². The normalized spacial score (nSPS) is 21.6. The van der Waals surface area contributed by atoms with Crippen LogP contribution in [0, 0.1) is 0 Å². The summed E-state index contributed by atoms with van der Waals surface area (Å²) in [5.74, 6) is 1.68. The largest absolute Gasteiger partial charge is 0.333 e. The first-order valence-corrected chi connectivity index (χ1v) is 6.92. The molecule has 0 bridgehead atoms. The number of aromatic nitrogens is 3. The van der Waals surface area contributed by atoms with Crippen molar-refractivity contribution in [1.29, 1.82) is 0 Å². The predicted molar refractivity (Wildman–Crippen MR) is 78.7 cm³/mol. The van der Waals surface area contributed by atoms with Crippen molar-refractivity contribution in [2.75, 3.05) is 0 Å². The van der Waals surface area contributed by atoms with Crippen LogP contribution in [0.2, 0.25) is 0 Å². The van der Waals surface area contributed by atoms with Crippen LogP contribution in [0.15, 0.2) is 41.7 Å². The fraction of sp³-hybridized carbons (Fsp3) is 0.400. The molecule has 0 aliphatic carbocycles. The Labute approximate surface area is 119 Å². The molecule has 104 valence electrons. The first-order chi connectivity index (χ1) is 9.65. The molecule has 1 aromatic carbocycles. The molecule has 5 nitrogen and oxygen atoms in total. The zero-order valence-corrected chi connectivity index (χ0v) is 12.1. The summed E-state index contributed by atoms with van der Waals surface area (Å²) in [5, 5.41) is 8.09. The number of rotatable bonds is 3. The summed E-state index contributed by atoms with van der Waals surface area (Å²) in [5.41, 5.74) is 1.10. The lowest BCUT2D eigenvalue weighted by molar-refractivity contribution is 0.0876. The Hall–Kier alpha value is -2.17. The molecule has 0 N–H and O–H groups in total. The third-order valence-electron chi connectivity index (χ3n) is 4.14. The zero-order valence-electron chi connectivity index (χ0n) is 12.1. The highest BCUT2D eigenvalue weighted by Gasteiger charge is 2.38. The van der Waals surface area contributed by atoms with E-state index in [0.717, 1.165) is 18.8 Å². The molecular weight excluding hydrogens is 250 g/mol. The van der Waals surface area contributed by atoms with Crippen LogP contribution in [-0.4, -0.2) is 25.5 Å². The minimum atomic E-state index is -0.180. The number of fused-ring (bicyclic) bond motifs is 1. The molecule has 0 spiro atoms. The molecule has 0 radical (unpaired) electrons. The third kappa shape index (κ3) is 1.90. The summed E-state index contributed by atoms with van der Waals surface area (Å²) >= 11 is 0. The van der Waals surface area contributed by atoms with Gasteiger partial charge in [-0.2, -0.15) is 4.99 Å². The second-order valence-corrected chi connectivity index (χ2v) is 5.30. The van der Waals surface area contributed by atoms with Gasteiger partial charge < -0.3 is 4.90 Å². The SMILES string of the molecule is CCC1(C)N(Cc2ccccc2)C(C)=Nc2nncn21. The Kier molecular flexibility index (Phi) is 3.04. The van der Waals surface area contributed by atoms with Gasteiger partial charge in [0.1, 0.15) is 17.8 Å². The van der Waals surface area contributed by atoms with E-state index < -0.39 is 0 Å². The lowest BCUT2D eigenvalue weighted by Gasteiger charge is -2.45. The van der Waals surface area contributed by atoms with Gasteiger partial charge in [-0.3, -0.25) is 4.57 Å². The van der Waals surface area contributed by atoms with Gasteiger partial charge in [-0.05, 0) is 25.8 Å². The lowest BCUT2D eigenvalue weighted by atomic mass is 10.0. The highest BCUT2D eigenvalue weighted by molar-refractivity contribution is 5.83. The predicted octanol–water partition coefficient (Wildman–Crippen LogP) is 2.93. The van der Waals surface area contributed by atoms with Crippen molar-refractivity contribution in [2.45, 2.75) is 39.4 Å². The van der Waals surface area contributed by atoms with Crippen molar-refractivity contribution >= 4 is 11.8 Å². The molecule has 2 heterocycles. The molecule has 1 aliphatic rings. The Morgan fingerprint density at radius 1 is 1.20 bits per heavy atom. The van der Waals surface area contributed by atoms with Crippen molar-refractivity contribution in [3.8, 4) is 0 Å². The van der Waals surface area contributed by atoms with Gasteiger partial charge >= 0.3 is 0 Å². The number of nitrogens with zero attached hydrogens (tertiary/aromatic N) is 5. The third-order valence-corrected chi connectivity index (χ3v) is 4.14. The topological polar surface area (TPSA) is 46.3 Å². The molecule has 0 saturated heterocycles. The number of amidine groups is 1. The Morgan fingerprint density at radius 2 is 1.95 bits per heavy atom. The summed E-state index contributed by atoms with van der Waals surface area (Å²) < 4.78 is 2.06. The Bertz CT molecular complexity index is 631. The van der Waals surface area contributed by atoms with E-state index in [-0.39, 0.29) is 5.66 Å². The van der Waals surface area contributed by atoms with Gasteiger partial charge in [0.15, 0.2) is 0 Å². The summed E-state index contributed by atoms with van der Waals surface area (Å²) in [6.45, 7) is 7.26. The van der Waals surface area contributed by atoms with Gasteiger partial charge in [-0.15, -0.1) is 10.2 Å². The molecule has 0 fully saturated rings. The molecule has 1 aromatic heterocycles. The van der Waals surface area contributed by atoms with Gasteiger partial charge in [0.2, 0.25) is 0 Å². The number of hydrogen-bond donors (Lipinski definition) is 0. The van der Waals surface area contributed by atoms with E-state index in [1.807, 2.05) is 13.0 Å². The molecule has 2 aromatic rings. The van der Waals surface area contributed by atoms with Crippen LogP contribution in [-0.2, 0) is 12.2 Å². The summed E-state index contributed by atoms with van der Waals surface area (Å²) in [4.78, 5) is 6.88. The van der Waals surface area contributed by atoms with Crippen LogP contribution < -0.4 is 0 Å². The standard InChI is InChI=1S/C15H19N5/c1-4-15(3)19(10-13-8-6-5-7-9-13)12(2)17-14-18-16-11-20(14)15/h5-9,11H,4,10H2,1-3H3. The van der Waals surface area contributed by atoms with E-state index in [1.165, 1.54) is 5.56 Å². The Balaban J connectivity index is 2.01. The van der Waals surface area contributed by atoms with Crippen molar-refractivity contribution in [3.63, 3.8) is 0 Å². The highest BCUT2D eigenvalue weighted by Crippen LogP contribution is 2.34. The smallest absolute Gasteiger partial charge is 0.254 e. The monoisotopic (exact) mass is 269 g/mol. The molecule has 0 amide bonds. The molecule has 5 heteroatoms. The van der Waals surface area contributed by atoms with Gasteiger partial charge in [-0.25, -0.2) is 0 Å². The molecule has 1 unspecified atom stereocenters. The van der Waals surface area contributed by atoms with E-state index in [1.54, 1.807) is 6.33 Å². The van der Waals surface area contributed by atoms with E-state index in [4.69, 9.17) is 0 Å². The maximum atomic E-state index is 4.56. The Morgan fingerprint density at radius 3 is 2.65 bits per heavy atom. The van der Waals surface area contributed by atoms with Crippen molar-refractivity contribution in [3.05, 3.63) is 42.2 Å². The van der Waals surface area contributed by atoms with Crippen LogP contribution in [0.4, 0.5) is 5.95 Å². The second-order valence-electron chi connectivity index (χ2n) is 5.30. The summed E-state index contributed by atoms with van der Waals surface area (Å²) in [6.07, 6.45) is 2.73. The zero-order chi connectivity index (χ0) is 14.2. The maximum absolute atomic E-state index is 4.56. The van der Waals surface area contributed by atoms with Gasteiger partial charge in [-0.1, -0.05) is 37.3 Å². The van der Waals surface area contributed by atoms with Crippen molar-refractivity contribution < 1.29 is 0 Å². The van der Waals surface area contributed by atoms with Crippen LogP contribution in [0.25, 0.3) is 0 Å². The average molecular weight is 269 g/mol. The first-order valence-electron chi connectivity index (χ1n) is 6.92. The second kappa shape index (κ2) is 4.74. The van der Waals surface area contributed by atoms with Crippen molar-refractivity contribution in [1.82, 2.24) is 19.7 Å².